The molecule has 37 heavy (non-hydrogen) atoms. The summed E-state index contributed by atoms with van der Waals surface area (Å²) >= 11 is 9.47. The van der Waals surface area contributed by atoms with Crippen LogP contribution >= 0.6 is 27.5 Å². The van der Waals surface area contributed by atoms with Gasteiger partial charge in [-0.15, -0.1) is 0 Å². The van der Waals surface area contributed by atoms with Crippen LogP contribution in [0.3, 0.4) is 0 Å². The van der Waals surface area contributed by atoms with E-state index in [1.54, 1.807) is 37.3 Å². The molecule has 0 atom stereocenters. The first-order chi connectivity index (χ1) is 17.6. The maximum absolute atomic E-state index is 13.7. The topological polar surface area (TPSA) is 105 Å². The van der Waals surface area contributed by atoms with Crippen molar-refractivity contribution < 1.29 is 28.3 Å². The Balaban J connectivity index is 1.49. The van der Waals surface area contributed by atoms with Gasteiger partial charge in [0.1, 0.15) is 17.1 Å². The molecule has 2 N–H and O–H groups in total. The van der Waals surface area contributed by atoms with Crippen molar-refractivity contribution >= 4 is 68.7 Å². The molecule has 3 aromatic carbocycles. The van der Waals surface area contributed by atoms with Gasteiger partial charge in [-0.3, -0.25) is 19.7 Å². The summed E-state index contributed by atoms with van der Waals surface area (Å²) < 4.78 is 19.6. The number of benzene rings is 3. The number of carbonyl (C=O) groups excluding carboxylic acids is 4. The molecule has 188 valence electrons. The van der Waals surface area contributed by atoms with Crippen molar-refractivity contribution in [3.8, 4) is 5.75 Å². The summed E-state index contributed by atoms with van der Waals surface area (Å²) in [5.41, 5.74) is 1.20. The highest BCUT2D eigenvalue weighted by atomic mass is 79.9. The molecule has 0 bridgehead atoms. The molecule has 1 heterocycles. The second-order valence-electron chi connectivity index (χ2n) is 7.90. The molecule has 0 unspecified atom stereocenters. The van der Waals surface area contributed by atoms with E-state index in [4.69, 9.17) is 16.3 Å². The van der Waals surface area contributed by atoms with Crippen LogP contribution in [0.1, 0.15) is 11.1 Å². The normalized spacial score (nSPS) is 14.5. The number of halogens is 3. The van der Waals surface area contributed by atoms with Crippen molar-refractivity contribution in [2.45, 2.75) is 6.92 Å². The van der Waals surface area contributed by atoms with Crippen molar-refractivity contribution in [2.75, 3.05) is 16.8 Å². The lowest BCUT2D eigenvalue weighted by Gasteiger charge is -2.26. The summed E-state index contributed by atoms with van der Waals surface area (Å²) in [6.45, 7) is 1.39. The lowest BCUT2D eigenvalue weighted by atomic mass is 10.1. The van der Waals surface area contributed by atoms with Crippen molar-refractivity contribution in [1.29, 1.82) is 0 Å². The fraction of sp³-hybridized carbons (Fsp3) is 0.0769. The summed E-state index contributed by atoms with van der Waals surface area (Å²) in [5, 5.41) is 4.93. The lowest BCUT2D eigenvalue weighted by molar-refractivity contribution is -0.122. The van der Waals surface area contributed by atoms with Crippen LogP contribution in [0.15, 0.2) is 70.7 Å². The Morgan fingerprint density at radius 3 is 2.59 bits per heavy atom. The number of barbiturate groups is 1. The maximum Gasteiger partial charge on any atom is 0.335 e. The molecular weight excluding hydrogens is 569 g/mol. The first-order valence-electron chi connectivity index (χ1n) is 10.8. The Hall–Kier alpha value is -4.02. The molecule has 0 aliphatic carbocycles. The van der Waals surface area contributed by atoms with Crippen LogP contribution in [-0.2, 0) is 14.4 Å². The number of rotatable bonds is 6. The summed E-state index contributed by atoms with van der Waals surface area (Å²) in [6.07, 6.45) is 1.33. The van der Waals surface area contributed by atoms with Crippen LogP contribution in [0.25, 0.3) is 6.08 Å². The predicted molar refractivity (Wildman–Crippen MR) is 140 cm³/mol. The van der Waals surface area contributed by atoms with E-state index in [0.29, 0.717) is 20.8 Å². The van der Waals surface area contributed by atoms with Crippen molar-refractivity contribution in [3.05, 3.63) is 92.7 Å². The van der Waals surface area contributed by atoms with Gasteiger partial charge in [-0.25, -0.2) is 14.1 Å². The van der Waals surface area contributed by atoms with E-state index in [0.717, 1.165) is 10.5 Å². The number of imide groups is 2. The summed E-state index contributed by atoms with van der Waals surface area (Å²) in [5.74, 6) is -2.48. The third-order valence-corrected chi connectivity index (χ3v) is 6.32. The highest BCUT2D eigenvalue weighted by Gasteiger charge is 2.37. The van der Waals surface area contributed by atoms with Gasteiger partial charge in [-0.2, -0.15) is 0 Å². The van der Waals surface area contributed by atoms with Crippen LogP contribution in [0.4, 0.5) is 20.6 Å². The standard InChI is InChI=1S/C26H18BrClFN3O5/c1-14-6-8-16(12-19(14)28)32-25(35)17(24(34)31-26(32)36)10-15-7-9-22(18(27)11-15)37-13-23(33)30-21-5-3-2-4-20(21)29/h2-12H,13H2,1H3,(H,30,33)(H,31,34,36)/b17-10+. The first-order valence-corrected chi connectivity index (χ1v) is 12.0. The zero-order valence-corrected chi connectivity index (χ0v) is 21.5. The molecule has 1 aliphatic rings. The van der Waals surface area contributed by atoms with Crippen LogP contribution in [-0.4, -0.2) is 30.4 Å². The summed E-state index contributed by atoms with van der Waals surface area (Å²) in [6, 6.07) is 14.2. The molecule has 3 aromatic rings. The highest BCUT2D eigenvalue weighted by molar-refractivity contribution is 9.10. The molecule has 0 aromatic heterocycles. The van der Waals surface area contributed by atoms with E-state index >= 15 is 0 Å². The van der Waals surface area contributed by atoms with Crippen LogP contribution in [0.2, 0.25) is 5.02 Å². The molecule has 1 saturated heterocycles. The number of urea groups is 1. The number of ether oxygens (including phenoxy) is 1. The molecule has 1 fully saturated rings. The minimum Gasteiger partial charge on any atom is -0.483 e. The minimum absolute atomic E-state index is 0.0352. The fourth-order valence-electron chi connectivity index (χ4n) is 3.40. The fourth-order valence-corrected chi connectivity index (χ4v) is 4.08. The number of nitrogens with zero attached hydrogens (tertiary/aromatic N) is 1. The number of para-hydroxylation sites is 1. The molecule has 8 nitrogen and oxygen atoms in total. The van der Waals surface area contributed by atoms with Gasteiger partial charge in [0.05, 0.1) is 15.8 Å². The second kappa shape index (κ2) is 10.9. The van der Waals surface area contributed by atoms with Crippen LogP contribution < -0.4 is 20.3 Å². The zero-order valence-electron chi connectivity index (χ0n) is 19.2. The number of carbonyl (C=O) groups is 4. The van der Waals surface area contributed by atoms with Crippen molar-refractivity contribution in [1.82, 2.24) is 5.32 Å². The summed E-state index contributed by atoms with van der Waals surface area (Å²) in [4.78, 5) is 50.9. The Morgan fingerprint density at radius 2 is 1.89 bits per heavy atom. The van der Waals surface area contributed by atoms with E-state index in [-0.39, 0.29) is 23.6 Å². The monoisotopic (exact) mass is 585 g/mol. The Morgan fingerprint density at radius 1 is 1.14 bits per heavy atom. The number of aryl methyl sites for hydroxylation is 1. The average Bonchev–Trinajstić information content (AvgIpc) is 2.84. The number of nitrogens with one attached hydrogen (secondary N) is 2. The first kappa shape index (κ1) is 26.1. The third-order valence-electron chi connectivity index (χ3n) is 5.29. The highest BCUT2D eigenvalue weighted by Crippen LogP contribution is 2.29. The molecule has 11 heteroatoms. The van der Waals surface area contributed by atoms with E-state index in [2.05, 4.69) is 26.6 Å². The maximum atomic E-state index is 13.7. The number of anilines is 2. The summed E-state index contributed by atoms with van der Waals surface area (Å²) in [7, 11) is 0. The van der Waals surface area contributed by atoms with E-state index < -0.39 is 29.6 Å². The molecule has 0 spiro atoms. The van der Waals surface area contributed by atoms with Gasteiger partial charge in [-0.05, 0) is 76.5 Å². The lowest BCUT2D eigenvalue weighted by Crippen LogP contribution is -2.54. The smallest absolute Gasteiger partial charge is 0.335 e. The Bertz CT molecular complexity index is 1480. The van der Waals surface area contributed by atoms with Gasteiger partial charge >= 0.3 is 6.03 Å². The molecule has 1 aliphatic heterocycles. The van der Waals surface area contributed by atoms with Crippen molar-refractivity contribution in [2.24, 2.45) is 0 Å². The predicted octanol–water partition coefficient (Wildman–Crippen LogP) is 5.23. The molecule has 5 amide bonds. The van der Waals surface area contributed by atoms with Crippen LogP contribution in [0.5, 0.6) is 5.75 Å². The zero-order chi connectivity index (χ0) is 26.7. The van der Waals surface area contributed by atoms with Gasteiger partial charge < -0.3 is 10.1 Å². The van der Waals surface area contributed by atoms with Gasteiger partial charge in [0, 0.05) is 5.02 Å². The average molecular weight is 587 g/mol. The second-order valence-corrected chi connectivity index (χ2v) is 9.16. The number of amides is 5. The molecule has 0 radical (unpaired) electrons. The van der Waals surface area contributed by atoms with Gasteiger partial charge in [0.15, 0.2) is 6.61 Å². The third kappa shape index (κ3) is 5.87. The molecule has 4 rings (SSSR count). The molecular formula is C26H18BrClFN3O5. The van der Waals surface area contributed by atoms with Gasteiger partial charge in [0.25, 0.3) is 17.7 Å². The Kier molecular flexibility index (Phi) is 7.70. The van der Waals surface area contributed by atoms with E-state index in [9.17, 15) is 23.6 Å². The number of hydrogen-bond donors (Lipinski definition) is 2. The van der Waals surface area contributed by atoms with Crippen molar-refractivity contribution in [3.63, 3.8) is 0 Å². The van der Waals surface area contributed by atoms with Crippen LogP contribution in [0, 0.1) is 12.7 Å². The quantitative estimate of drug-likeness (QED) is 0.304. The largest absolute Gasteiger partial charge is 0.483 e. The number of hydrogen-bond acceptors (Lipinski definition) is 5. The minimum atomic E-state index is -0.884. The van der Waals surface area contributed by atoms with Gasteiger partial charge in [-0.1, -0.05) is 35.9 Å². The van der Waals surface area contributed by atoms with Gasteiger partial charge in [0.2, 0.25) is 0 Å². The molecule has 0 saturated carbocycles. The Labute approximate surface area is 224 Å². The van der Waals surface area contributed by atoms with E-state index in [1.807, 2.05) is 0 Å². The van der Waals surface area contributed by atoms with E-state index in [1.165, 1.54) is 36.4 Å². The SMILES string of the molecule is Cc1ccc(N2C(=O)NC(=O)/C(=C\c3ccc(OCC(=O)Nc4ccccc4F)c(Br)c3)C2=O)cc1Cl.